The molecule has 1 rings (SSSR count). The summed E-state index contributed by atoms with van der Waals surface area (Å²) in [6.45, 7) is 0. The van der Waals surface area contributed by atoms with Crippen molar-refractivity contribution < 1.29 is 19.8 Å². The Morgan fingerprint density at radius 3 is 1.20 bits per heavy atom. The number of unbranched alkanes of at least 4 members (excludes halogenated alkanes) is 15. The van der Waals surface area contributed by atoms with Crippen LogP contribution in [-0.4, -0.2) is 33.7 Å². The van der Waals surface area contributed by atoms with Crippen LogP contribution in [0, 0.1) is 0 Å². The van der Waals surface area contributed by atoms with Gasteiger partial charge in [-0.1, -0.05) is 102 Å². The molecule has 0 amide bonds. The van der Waals surface area contributed by atoms with Crippen molar-refractivity contribution in [3.8, 4) is 0 Å². The van der Waals surface area contributed by atoms with Crippen LogP contribution in [0.25, 0.3) is 0 Å². The van der Waals surface area contributed by atoms with Crippen LogP contribution >= 0.6 is 23.5 Å². The minimum Gasteiger partial charge on any atom is -0.481 e. The molecular formula is C29H48O4S2. The molecule has 1 aromatic rings. The van der Waals surface area contributed by atoms with Crippen molar-refractivity contribution in [2.24, 2.45) is 0 Å². The normalized spacial score (nSPS) is 11.1. The Kier molecular flexibility index (Phi) is 21.2. The highest BCUT2D eigenvalue weighted by atomic mass is 32.2. The van der Waals surface area contributed by atoms with Gasteiger partial charge in [0, 0.05) is 22.6 Å². The van der Waals surface area contributed by atoms with Gasteiger partial charge in [0.05, 0.1) is 0 Å². The second-order valence-electron chi connectivity index (χ2n) is 9.44. The van der Waals surface area contributed by atoms with Gasteiger partial charge in [0.15, 0.2) is 0 Å². The number of hydrogen-bond acceptors (Lipinski definition) is 4. The fraction of sp³-hybridized carbons (Fsp3) is 0.724. The van der Waals surface area contributed by atoms with E-state index in [0.717, 1.165) is 30.8 Å². The smallest absolute Gasteiger partial charge is 0.303 e. The fourth-order valence-electron chi connectivity index (χ4n) is 4.13. The Morgan fingerprint density at radius 2 is 0.800 bits per heavy atom. The van der Waals surface area contributed by atoms with Gasteiger partial charge in [0.2, 0.25) is 0 Å². The van der Waals surface area contributed by atoms with Gasteiger partial charge in [-0.15, -0.1) is 23.5 Å². The summed E-state index contributed by atoms with van der Waals surface area (Å²) in [6.07, 6.45) is 21.8. The molecule has 200 valence electrons. The number of thioether (sulfide) groups is 2. The zero-order valence-corrected chi connectivity index (χ0v) is 23.3. The standard InChI is InChI=1S/C29H48O4S2/c30-28(31)22-15-13-11-9-7-5-3-1-2-4-6-8-10-12-14-18-24-34-26-20-16-17-21-27(26)35-25-19-23-29(32)33/h16-17,20-21H,1-15,18-19,22-25H2,(H,30,31)(H,32,33). The Bertz CT molecular complexity index is 666. The summed E-state index contributed by atoms with van der Waals surface area (Å²) >= 11 is 3.72. The molecule has 0 bridgehead atoms. The molecular weight excluding hydrogens is 476 g/mol. The molecule has 0 atom stereocenters. The molecule has 0 saturated heterocycles. The Balaban J connectivity index is 1.86. The summed E-state index contributed by atoms with van der Waals surface area (Å²) in [4.78, 5) is 23.7. The molecule has 4 nitrogen and oxygen atoms in total. The predicted molar refractivity (Wildman–Crippen MR) is 151 cm³/mol. The third-order valence-electron chi connectivity index (χ3n) is 6.18. The van der Waals surface area contributed by atoms with Gasteiger partial charge in [0.1, 0.15) is 0 Å². The average Bonchev–Trinajstić information content (AvgIpc) is 2.83. The van der Waals surface area contributed by atoms with Crippen LogP contribution in [0.1, 0.15) is 122 Å². The first-order valence-corrected chi connectivity index (χ1v) is 15.8. The number of benzene rings is 1. The summed E-state index contributed by atoms with van der Waals surface area (Å²) in [6, 6.07) is 8.51. The summed E-state index contributed by atoms with van der Waals surface area (Å²) in [5.74, 6) is 0.649. The summed E-state index contributed by atoms with van der Waals surface area (Å²) in [7, 11) is 0. The second-order valence-corrected chi connectivity index (χ2v) is 11.7. The summed E-state index contributed by atoms with van der Waals surface area (Å²) < 4.78 is 0. The van der Waals surface area contributed by atoms with E-state index in [1.54, 1.807) is 11.8 Å². The van der Waals surface area contributed by atoms with Gasteiger partial charge in [-0.05, 0) is 42.9 Å². The van der Waals surface area contributed by atoms with Crippen molar-refractivity contribution in [1.29, 1.82) is 0 Å². The van der Waals surface area contributed by atoms with Crippen LogP contribution in [0.15, 0.2) is 34.1 Å². The average molecular weight is 525 g/mol. The number of carboxylic acids is 2. The first-order chi connectivity index (χ1) is 17.1. The van der Waals surface area contributed by atoms with Crippen LogP contribution in [0.4, 0.5) is 0 Å². The maximum absolute atomic E-state index is 10.7. The highest BCUT2D eigenvalue weighted by Gasteiger charge is 2.04. The molecule has 0 heterocycles. The van der Waals surface area contributed by atoms with Crippen LogP contribution in [0.2, 0.25) is 0 Å². The lowest BCUT2D eigenvalue weighted by molar-refractivity contribution is -0.138. The first-order valence-electron chi connectivity index (χ1n) is 13.9. The number of rotatable bonds is 25. The second kappa shape index (κ2) is 23.3. The zero-order chi connectivity index (χ0) is 25.4. The molecule has 0 aliphatic heterocycles. The van der Waals surface area contributed by atoms with E-state index < -0.39 is 11.9 Å². The minimum absolute atomic E-state index is 0.252. The first kappa shape index (κ1) is 31.9. The highest BCUT2D eigenvalue weighted by molar-refractivity contribution is 8.02. The van der Waals surface area contributed by atoms with Crippen molar-refractivity contribution in [2.45, 2.75) is 132 Å². The molecule has 0 fully saturated rings. The molecule has 6 heteroatoms. The number of aliphatic carboxylic acids is 2. The van der Waals surface area contributed by atoms with E-state index in [1.165, 1.54) is 99.7 Å². The molecule has 0 radical (unpaired) electrons. The number of hydrogen-bond donors (Lipinski definition) is 2. The Labute approximate surface area is 222 Å². The van der Waals surface area contributed by atoms with Gasteiger partial charge < -0.3 is 10.2 Å². The number of carbonyl (C=O) groups is 2. The lowest BCUT2D eigenvalue weighted by Crippen LogP contribution is -1.95. The number of carboxylic acid groups (broad SMARTS) is 2. The van der Waals surface area contributed by atoms with Gasteiger partial charge >= 0.3 is 11.9 Å². The molecule has 0 aliphatic rings. The third kappa shape index (κ3) is 20.7. The van der Waals surface area contributed by atoms with E-state index in [0.29, 0.717) is 6.42 Å². The predicted octanol–water partition coefficient (Wildman–Crippen LogP) is 9.45. The SMILES string of the molecule is O=C(O)CCCCCCCCCCCCCCCCCCSc1ccccc1SCCCC(=O)O. The fourth-order valence-corrected chi connectivity index (χ4v) is 6.33. The topological polar surface area (TPSA) is 74.6 Å². The largest absolute Gasteiger partial charge is 0.481 e. The lowest BCUT2D eigenvalue weighted by atomic mass is 10.0. The minimum atomic E-state index is -0.709. The van der Waals surface area contributed by atoms with Crippen LogP contribution in [0.3, 0.4) is 0 Å². The molecule has 0 spiro atoms. The summed E-state index contributed by atoms with van der Waals surface area (Å²) in [5.41, 5.74) is 0. The van der Waals surface area contributed by atoms with Gasteiger partial charge in [-0.2, -0.15) is 0 Å². The Morgan fingerprint density at radius 1 is 0.486 bits per heavy atom. The summed E-state index contributed by atoms with van der Waals surface area (Å²) in [5, 5.41) is 17.4. The van der Waals surface area contributed by atoms with Crippen molar-refractivity contribution in [2.75, 3.05) is 11.5 Å². The van der Waals surface area contributed by atoms with Crippen LogP contribution in [0.5, 0.6) is 0 Å². The quantitative estimate of drug-likeness (QED) is 0.0980. The lowest BCUT2D eigenvalue weighted by Gasteiger charge is -2.08. The molecule has 0 aromatic heterocycles. The van der Waals surface area contributed by atoms with E-state index in [4.69, 9.17) is 10.2 Å². The molecule has 0 unspecified atom stereocenters. The van der Waals surface area contributed by atoms with Gasteiger partial charge in [-0.25, -0.2) is 0 Å². The van der Waals surface area contributed by atoms with Crippen molar-refractivity contribution in [3.05, 3.63) is 24.3 Å². The van der Waals surface area contributed by atoms with E-state index in [1.807, 2.05) is 11.8 Å². The van der Waals surface area contributed by atoms with Gasteiger partial charge in [-0.3, -0.25) is 9.59 Å². The van der Waals surface area contributed by atoms with Crippen LogP contribution < -0.4 is 0 Å². The molecule has 1 aromatic carbocycles. The third-order valence-corrected chi connectivity index (χ3v) is 8.63. The monoisotopic (exact) mass is 524 g/mol. The maximum Gasteiger partial charge on any atom is 0.303 e. The highest BCUT2D eigenvalue weighted by Crippen LogP contribution is 2.32. The van der Waals surface area contributed by atoms with E-state index in [9.17, 15) is 9.59 Å². The maximum atomic E-state index is 10.7. The molecule has 0 saturated carbocycles. The van der Waals surface area contributed by atoms with Crippen LogP contribution in [-0.2, 0) is 9.59 Å². The van der Waals surface area contributed by atoms with E-state index >= 15 is 0 Å². The molecule has 2 N–H and O–H groups in total. The van der Waals surface area contributed by atoms with Gasteiger partial charge in [0.25, 0.3) is 0 Å². The van der Waals surface area contributed by atoms with E-state index in [-0.39, 0.29) is 6.42 Å². The zero-order valence-electron chi connectivity index (χ0n) is 21.7. The Hall–Kier alpha value is -1.14. The van der Waals surface area contributed by atoms with E-state index in [2.05, 4.69) is 24.3 Å². The molecule has 0 aliphatic carbocycles. The van der Waals surface area contributed by atoms with Crippen molar-refractivity contribution in [1.82, 2.24) is 0 Å². The molecule has 35 heavy (non-hydrogen) atoms. The van der Waals surface area contributed by atoms with Crippen molar-refractivity contribution in [3.63, 3.8) is 0 Å². The van der Waals surface area contributed by atoms with Crippen molar-refractivity contribution >= 4 is 35.5 Å².